The van der Waals surface area contributed by atoms with Gasteiger partial charge in [0.25, 0.3) is 0 Å². The number of nitrogens with zero attached hydrogens (tertiary/aromatic N) is 1. The lowest BCUT2D eigenvalue weighted by Gasteiger charge is -2.09. The quantitative estimate of drug-likeness (QED) is 0.394. The van der Waals surface area contributed by atoms with Gasteiger partial charge in [0.05, 0.1) is 18.7 Å². The fraction of sp³-hybridized carbons (Fsp3) is 0.391. The van der Waals surface area contributed by atoms with E-state index < -0.39 is 0 Å². The molecule has 3 N–H and O–H groups in total. The highest BCUT2D eigenvalue weighted by Gasteiger charge is 2.11. The number of hydrogen-bond donors (Lipinski definition) is 3. The molecule has 0 aliphatic heterocycles. The summed E-state index contributed by atoms with van der Waals surface area (Å²) in [7, 11) is 0. The van der Waals surface area contributed by atoms with Gasteiger partial charge in [-0.2, -0.15) is 5.10 Å². The van der Waals surface area contributed by atoms with Gasteiger partial charge in [0.1, 0.15) is 5.75 Å². The molecule has 1 heterocycles. The van der Waals surface area contributed by atoms with Crippen LogP contribution < -0.4 is 15.4 Å². The van der Waals surface area contributed by atoms with E-state index in [4.69, 9.17) is 9.47 Å². The number of hydrogen-bond acceptors (Lipinski definition) is 4. The average molecular weight is 411 g/mol. The van der Waals surface area contributed by atoms with Crippen molar-refractivity contribution in [2.45, 2.75) is 45.8 Å². The second kappa shape index (κ2) is 11.2. The Labute approximate surface area is 177 Å². The summed E-state index contributed by atoms with van der Waals surface area (Å²) in [5, 5.41) is 13.5. The molecular formula is C23H30N4O3. The Morgan fingerprint density at radius 1 is 1.07 bits per heavy atom. The molecule has 0 aliphatic rings. The number of aromatic amines is 1. The first-order valence-electron chi connectivity index (χ1n) is 10.4. The first kappa shape index (κ1) is 21.6. The summed E-state index contributed by atoms with van der Waals surface area (Å²) in [6.45, 7) is 5.86. The van der Waals surface area contributed by atoms with Gasteiger partial charge < -0.3 is 14.8 Å². The standard InChI is InChI=1S/C23H30N4O3/c1-17(2)24-23(28)25-22-20-15-19(11-12-21(20)26-27-22)30-14-8-4-7-13-29-16-18-9-5-3-6-10-18/h3,5-6,9-12,15,17H,4,7-8,13-14,16H2,1-2H3,(H3,24,25,26,27,28). The summed E-state index contributed by atoms with van der Waals surface area (Å²) >= 11 is 0. The Bertz CT molecular complexity index is 925. The van der Waals surface area contributed by atoms with Gasteiger partial charge in [-0.1, -0.05) is 30.3 Å². The summed E-state index contributed by atoms with van der Waals surface area (Å²) in [5.74, 6) is 1.25. The molecule has 0 atom stereocenters. The molecular weight excluding hydrogens is 380 g/mol. The second-order valence-electron chi connectivity index (χ2n) is 7.48. The van der Waals surface area contributed by atoms with Gasteiger partial charge >= 0.3 is 6.03 Å². The number of carbonyl (C=O) groups is 1. The number of urea groups is 1. The molecule has 3 rings (SSSR count). The van der Waals surface area contributed by atoms with Gasteiger partial charge in [-0.3, -0.25) is 10.4 Å². The largest absolute Gasteiger partial charge is 0.494 e. The molecule has 1 aromatic heterocycles. The van der Waals surface area contributed by atoms with Crippen molar-refractivity contribution >= 4 is 22.8 Å². The number of anilines is 1. The van der Waals surface area contributed by atoms with Gasteiger partial charge in [-0.05, 0) is 56.9 Å². The molecule has 30 heavy (non-hydrogen) atoms. The molecule has 0 saturated carbocycles. The SMILES string of the molecule is CC(C)NC(=O)Nc1n[nH]c2ccc(OCCCCCOCc3ccccc3)cc12. The fourth-order valence-corrected chi connectivity index (χ4v) is 3.02. The number of aromatic nitrogens is 2. The molecule has 2 amide bonds. The first-order valence-corrected chi connectivity index (χ1v) is 10.4. The van der Waals surface area contributed by atoms with Gasteiger partial charge in [-0.15, -0.1) is 0 Å². The van der Waals surface area contributed by atoms with Crippen LogP contribution >= 0.6 is 0 Å². The first-order chi connectivity index (χ1) is 14.6. The number of unbranched alkanes of at least 4 members (excludes halogenated alkanes) is 2. The molecule has 0 unspecified atom stereocenters. The Kier molecular flexibility index (Phi) is 8.09. The van der Waals surface area contributed by atoms with Crippen molar-refractivity contribution in [2.24, 2.45) is 0 Å². The fourth-order valence-electron chi connectivity index (χ4n) is 3.02. The van der Waals surface area contributed by atoms with E-state index in [-0.39, 0.29) is 12.1 Å². The van der Waals surface area contributed by atoms with E-state index in [0.29, 0.717) is 19.0 Å². The number of ether oxygens (including phenoxy) is 2. The zero-order valence-corrected chi connectivity index (χ0v) is 17.6. The van der Waals surface area contributed by atoms with Crippen molar-refractivity contribution < 1.29 is 14.3 Å². The second-order valence-corrected chi connectivity index (χ2v) is 7.48. The number of benzene rings is 2. The highest BCUT2D eigenvalue weighted by molar-refractivity contribution is 5.99. The van der Waals surface area contributed by atoms with E-state index in [9.17, 15) is 4.79 Å². The molecule has 0 radical (unpaired) electrons. The molecule has 0 aliphatic carbocycles. The van der Waals surface area contributed by atoms with Crippen LogP contribution in [0.15, 0.2) is 48.5 Å². The van der Waals surface area contributed by atoms with Crippen LogP contribution in [0.4, 0.5) is 10.6 Å². The van der Waals surface area contributed by atoms with Gasteiger partial charge in [0.15, 0.2) is 5.82 Å². The number of H-pyrrole nitrogens is 1. The van der Waals surface area contributed by atoms with Crippen LogP contribution in [0.1, 0.15) is 38.7 Å². The number of rotatable bonds is 11. The zero-order valence-electron chi connectivity index (χ0n) is 17.6. The predicted molar refractivity (Wildman–Crippen MR) is 119 cm³/mol. The minimum absolute atomic E-state index is 0.0536. The Morgan fingerprint density at radius 2 is 1.87 bits per heavy atom. The minimum Gasteiger partial charge on any atom is -0.494 e. The van der Waals surface area contributed by atoms with Crippen molar-refractivity contribution in [3.63, 3.8) is 0 Å². The average Bonchev–Trinajstić information content (AvgIpc) is 3.12. The van der Waals surface area contributed by atoms with Crippen LogP contribution in [0.5, 0.6) is 5.75 Å². The van der Waals surface area contributed by atoms with E-state index in [1.165, 1.54) is 5.56 Å². The Morgan fingerprint density at radius 3 is 2.67 bits per heavy atom. The van der Waals surface area contributed by atoms with Gasteiger partial charge in [-0.25, -0.2) is 4.79 Å². The maximum absolute atomic E-state index is 11.9. The lowest BCUT2D eigenvalue weighted by atomic mass is 10.2. The molecule has 0 fully saturated rings. The van der Waals surface area contributed by atoms with Crippen LogP contribution in [0.25, 0.3) is 10.9 Å². The smallest absolute Gasteiger partial charge is 0.320 e. The van der Waals surface area contributed by atoms with Crippen molar-refractivity contribution in [1.29, 1.82) is 0 Å². The molecule has 0 saturated heterocycles. The maximum Gasteiger partial charge on any atom is 0.320 e. The molecule has 160 valence electrons. The Balaban J connectivity index is 1.37. The van der Waals surface area contributed by atoms with Gasteiger partial charge in [0.2, 0.25) is 0 Å². The molecule has 0 spiro atoms. The molecule has 3 aromatic rings. The third-order valence-corrected chi connectivity index (χ3v) is 4.50. The van der Waals surface area contributed by atoms with Crippen molar-refractivity contribution in [3.05, 3.63) is 54.1 Å². The molecule has 2 aromatic carbocycles. The van der Waals surface area contributed by atoms with Crippen molar-refractivity contribution in [3.8, 4) is 5.75 Å². The van der Waals surface area contributed by atoms with Crippen LogP contribution in [0.2, 0.25) is 0 Å². The summed E-state index contributed by atoms with van der Waals surface area (Å²) < 4.78 is 11.6. The number of fused-ring (bicyclic) bond motifs is 1. The number of amides is 2. The number of carbonyl (C=O) groups excluding carboxylic acids is 1. The highest BCUT2D eigenvalue weighted by Crippen LogP contribution is 2.25. The molecule has 7 heteroatoms. The topological polar surface area (TPSA) is 88.3 Å². The highest BCUT2D eigenvalue weighted by atomic mass is 16.5. The summed E-state index contributed by atoms with van der Waals surface area (Å²) in [4.78, 5) is 11.9. The summed E-state index contributed by atoms with van der Waals surface area (Å²) in [6.07, 6.45) is 3.01. The van der Waals surface area contributed by atoms with Gasteiger partial charge in [0, 0.05) is 18.0 Å². The monoisotopic (exact) mass is 410 g/mol. The third kappa shape index (κ3) is 6.77. The van der Waals surface area contributed by atoms with Crippen LogP contribution in [-0.2, 0) is 11.3 Å². The normalized spacial score (nSPS) is 11.0. The minimum atomic E-state index is -0.279. The van der Waals surface area contributed by atoms with E-state index in [1.54, 1.807) is 0 Å². The molecule has 0 bridgehead atoms. The van der Waals surface area contributed by atoms with E-state index in [1.807, 2.05) is 50.2 Å². The predicted octanol–water partition coefficient (Wildman–Crippen LogP) is 4.86. The lowest BCUT2D eigenvalue weighted by Crippen LogP contribution is -2.34. The maximum atomic E-state index is 11.9. The zero-order chi connectivity index (χ0) is 21.2. The van der Waals surface area contributed by atoms with E-state index in [0.717, 1.165) is 42.5 Å². The van der Waals surface area contributed by atoms with Crippen molar-refractivity contribution in [2.75, 3.05) is 18.5 Å². The van der Waals surface area contributed by atoms with E-state index >= 15 is 0 Å². The van der Waals surface area contributed by atoms with Crippen molar-refractivity contribution in [1.82, 2.24) is 15.5 Å². The van der Waals surface area contributed by atoms with E-state index in [2.05, 4.69) is 33.0 Å². The lowest BCUT2D eigenvalue weighted by molar-refractivity contribution is 0.116. The van der Waals surface area contributed by atoms with Crippen LogP contribution in [0.3, 0.4) is 0 Å². The summed E-state index contributed by atoms with van der Waals surface area (Å²) in [6, 6.07) is 15.7. The van der Waals surface area contributed by atoms with Crippen LogP contribution in [0, 0.1) is 0 Å². The van der Waals surface area contributed by atoms with Crippen LogP contribution in [-0.4, -0.2) is 35.5 Å². The Hall–Kier alpha value is -3.06. The molecule has 7 nitrogen and oxygen atoms in total. The summed E-state index contributed by atoms with van der Waals surface area (Å²) in [5.41, 5.74) is 2.05. The third-order valence-electron chi connectivity index (χ3n) is 4.50. The number of nitrogens with one attached hydrogen (secondary N) is 3.